The Labute approximate surface area is 129 Å². The summed E-state index contributed by atoms with van der Waals surface area (Å²) in [5.74, 6) is 0.364. The number of aliphatic hydroxyl groups is 3. The molecule has 4 heterocycles. The van der Waals surface area contributed by atoms with Gasteiger partial charge in [-0.1, -0.05) is 0 Å². The Morgan fingerprint density at radius 3 is 2.83 bits per heavy atom. The van der Waals surface area contributed by atoms with Gasteiger partial charge in [-0.15, -0.1) is 0 Å². The number of hydrogen-bond donors (Lipinski definition) is 4. The quantitative estimate of drug-likeness (QED) is 0.489. The van der Waals surface area contributed by atoms with Crippen LogP contribution in [-0.4, -0.2) is 61.4 Å². The molecule has 10 nitrogen and oxygen atoms in total. The highest BCUT2D eigenvalue weighted by molar-refractivity contribution is 6.01. The molecule has 0 amide bonds. The molecule has 4 rings (SSSR count). The Kier molecular flexibility index (Phi) is 3.13. The first-order valence-corrected chi connectivity index (χ1v) is 6.94. The Bertz CT molecular complexity index is 833. The van der Waals surface area contributed by atoms with E-state index in [4.69, 9.17) is 4.74 Å². The van der Waals surface area contributed by atoms with Gasteiger partial charge in [-0.3, -0.25) is 10.2 Å². The highest BCUT2D eigenvalue weighted by atomic mass is 16.6. The molecular weight excluding hydrogens is 306 g/mol. The van der Waals surface area contributed by atoms with E-state index in [1.807, 2.05) is 0 Å². The minimum atomic E-state index is -1.25. The molecular formula is C13H13N5O5. The van der Waals surface area contributed by atoms with Gasteiger partial charge in [-0.25, -0.2) is 15.0 Å². The van der Waals surface area contributed by atoms with Crippen LogP contribution in [0, 0.1) is 0 Å². The fraction of sp³-hybridized carbons (Fsp3) is 0.385. The van der Waals surface area contributed by atoms with Crippen molar-refractivity contribution < 1.29 is 20.1 Å². The van der Waals surface area contributed by atoms with E-state index in [-0.39, 0.29) is 5.65 Å². The second-order valence-corrected chi connectivity index (χ2v) is 5.30. The summed E-state index contributed by atoms with van der Waals surface area (Å²) in [5, 5.41) is 31.2. The Balaban J connectivity index is 1.81. The molecule has 23 heavy (non-hydrogen) atoms. The molecule has 2 aliphatic rings. The van der Waals surface area contributed by atoms with Gasteiger partial charge >= 0.3 is 0 Å². The van der Waals surface area contributed by atoms with Crippen molar-refractivity contribution >= 4 is 22.5 Å². The smallest absolute Gasteiger partial charge is 0.271 e. The Hall–Kier alpha value is -2.40. The number of rotatable bonds is 2. The van der Waals surface area contributed by atoms with Crippen LogP contribution < -0.4 is 16.0 Å². The number of ether oxygens (including phenoxy) is 1. The molecule has 4 atom stereocenters. The Morgan fingerprint density at radius 1 is 1.26 bits per heavy atom. The maximum atomic E-state index is 11.5. The second kappa shape index (κ2) is 5.06. The van der Waals surface area contributed by atoms with Crippen LogP contribution in [0.5, 0.6) is 0 Å². The number of nitrogens with one attached hydrogen (secondary N) is 1. The van der Waals surface area contributed by atoms with Crippen molar-refractivity contribution in [1.82, 2.24) is 15.0 Å². The van der Waals surface area contributed by atoms with Crippen LogP contribution in [0.1, 0.15) is 0 Å². The fourth-order valence-corrected chi connectivity index (χ4v) is 2.81. The van der Waals surface area contributed by atoms with Crippen LogP contribution in [0.2, 0.25) is 0 Å². The molecule has 0 radical (unpaired) electrons. The van der Waals surface area contributed by atoms with E-state index >= 15 is 0 Å². The molecule has 4 N–H and O–H groups in total. The summed E-state index contributed by atoms with van der Waals surface area (Å²) in [6, 6.07) is 2.82. The van der Waals surface area contributed by atoms with Crippen molar-refractivity contribution in [3.63, 3.8) is 0 Å². The molecule has 0 saturated carbocycles. The third-order valence-electron chi connectivity index (χ3n) is 3.93. The van der Waals surface area contributed by atoms with Crippen LogP contribution in [0.15, 0.2) is 23.3 Å². The number of nitrogens with zero attached hydrogens (tertiary/aromatic N) is 4. The average molecular weight is 319 g/mol. The van der Waals surface area contributed by atoms with Gasteiger partial charge in [0.25, 0.3) is 5.56 Å². The fourth-order valence-electron chi connectivity index (χ4n) is 2.81. The summed E-state index contributed by atoms with van der Waals surface area (Å²) >= 11 is 0. The van der Waals surface area contributed by atoms with Gasteiger partial charge in [0.15, 0.2) is 17.7 Å². The highest BCUT2D eigenvalue weighted by Gasteiger charge is 2.47. The van der Waals surface area contributed by atoms with Gasteiger partial charge in [0.2, 0.25) is 0 Å². The molecule has 0 aromatic carbocycles. The van der Waals surface area contributed by atoms with E-state index in [0.717, 1.165) is 0 Å². The molecule has 2 aromatic heterocycles. The van der Waals surface area contributed by atoms with Crippen molar-refractivity contribution in [3.05, 3.63) is 28.8 Å². The standard InChI is InChI=1S/C13H13N5O5/c19-3-6-9(21)10(22)13(23-6)18-12-8-5(17-18)1-2-7(20)16-11(8)14-4-15-12/h1-2,4,6,9-10,13,17,19,21-22H,3H2/t6-,9-,10-,13-/m1/s1. The summed E-state index contributed by atoms with van der Waals surface area (Å²) in [6.07, 6.45) is -3.11. The number of hydrazine groups is 1. The third-order valence-corrected chi connectivity index (χ3v) is 3.93. The minimum Gasteiger partial charge on any atom is -0.394 e. The first-order valence-electron chi connectivity index (χ1n) is 6.94. The summed E-state index contributed by atoms with van der Waals surface area (Å²) < 4.78 is 5.50. The second-order valence-electron chi connectivity index (χ2n) is 5.30. The summed E-state index contributed by atoms with van der Waals surface area (Å²) in [7, 11) is 0. The first kappa shape index (κ1) is 14.2. The van der Waals surface area contributed by atoms with Gasteiger partial charge in [-0.05, 0) is 6.07 Å². The van der Waals surface area contributed by atoms with E-state index in [2.05, 4.69) is 20.4 Å². The van der Waals surface area contributed by atoms with E-state index < -0.39 is 36.7 Å². The number of hydrogen-bond acceptors (Lipinski definition) is 10. The maximum Gasteiger partial charge on any atom is 0.271 e. The number of anilines is 2. The lowest BCUT2D eigenvalue weighted by molar-refractivity contribution is -0.0212. The minimum absolute atomic E-state index is 0.210. The maximum absolute atomic E-state index is 11.5. The molecule has 0 spiro atoms. The van der Waals surface area contributed by atoms with Crippen LogP contribution in [0.25, 0.3) is 11.0 Å². The van der Waals surface area contributed by atoms with Crippen molar-refractivity contribution in [2.75, 3.05) is 17.0 Å². The van der Waals surface area contributed by atoms with Gasteiger partial charge in [-0.2, -0.15) is 4.98 Å². The summed E-state index contributed by atoms with van der Waals surface area (Å²) in [5.41, 5.74) is 3.27. The predicted octanol–water partition coefficient (Wildman–Crippen LogP) is -2.03. The molecule has 0 aliphatic carbocycles. The van der Waals surface area contributed by atoms with Crippen LogP contribution in [0.3, 0.4) is 0 Å². The zero-order chi connectivity index (χ0) is 16.1. The number of aliphatic hydroxyl groups excluding tert-OH is 3. The van der Waals surface area contributed by atoms with E-state index in [0.29, 0.717) is 16.9 Å². The van der Waals surface area contributed by atoms with E-state index in [1.54, 1.807) is 0 Å². The van der Waals surface area contributed by atoms with Crippen molar-refractivity contribution in [2.24, 2.45) is 0 Å². The Morgan fingerprint density at radius 2 is 2.09 bits per heavy atom. The average Bonchev–Trinajstić information content (AvgIpc) is 2.99. The lowest BCUT2D eigenvalue weighted by atomic mass is 10.1. The largest absolute Gasteiger partial charge is 0.394 e. The van der Waals surface area contributed by atoms with Gasteiger partial charge < -0.3 is 20.1 Å². The van der Waals surface area contributed by atoms with E-state index in [9.17, 15) is 20.1 Å². The molecule has 1 fully saturated rings. The zero-order valence-corrected chi connectivity index (χ0v) is 11.7. The highest BCUT2D eigenvalue weighted by Crippen LogP contribution is 2.38. The topological polar surface area (TPSA) is 141 Å². The van der Waals surface area contributed by atoms with Crippen molar-refractivity contribution in [3.8, 4) is 0 Å². The van der Waals surface area contributed by atoms with E-state index in [1.165, 1.54) is 23.5 Å². The van der Waals surface area contributed by atoms with Crippen LogP contribution >= 0.6 is 0 Å². The van der Waals surface area contributed by atoms with Crippen LogP contribution in [-0.2, 0) is 4.74 Å². The lowest BCUT2D eigenvalue weighted by Crippen LogP contribution is -2.46. The molecule has 120 valence electrons. The molecule has 0 unspecified atom stereocenters. The third kappa shape index (κ3) is 2.04. The monoisotopic (exact) mass is 319 g/mol. The summed E-state index contributed by atoms with van der Waals surface area (Å²) in [6.45, 7) is -0.426. The predicted molar refractivity (Wildman–Crippen MR) is 77.5 cm³/mol. The van der Waals surface area contributed by atoms with Crippen molar-refractivity contribution in [2.45, 2.75) is 24.5 Å². The van der Waals surface area contributed by atoms with Crippen molar-refractivity contribution in [1.29, 1.82) is 0 Å². The lowest BCUT2D eigenvalue weighted by Gasteiger charge is -2.27. The SMILES string of the molecule is O=c1ccc2c3c(ncnc3n1)N([C@@H]1O[C@H](CO)[C@@H](O)[C@H]1O)N2. The zero-order valence-electron chi connectivity index (χ0n) is 11.7. The summed E-state index contributed by atoms with van der Waals surface area (Å²) in [4.78, 5) is 23.5. The molecule has 2 aromatic rings. The number of aromatic nitrogens is 3. The normalized spacial score (nSPS) is 29.1. The molecule has 10 heteroatoms. The molecule has 0 bridgehead atoms. The van der Waals surface area contributed by atoms with Gasteiger partial charge in [0, 0.05) is 6.07 Å². The molecule has 1 saturated heterocycles. The van der Waals surface area contributed by atoms with Gasteiger partial charge in [0.05, 0.1) is 17.7 Å². The first-order chi connectivity index (χ1) is 11.1. The van der Waals surface area contributed by atoms with Gasteiger partial charge in [0.1, 0.15) is 24.6 Å². The molecule has 2 aliphatic heterocycles. The van der Waals surface area contributed by atoms with Crippen LogP contribution in [0.4, 0.5) is 11.5 Å².